The molecule has 1 aromatic carbocycles. The zero-order valence-electron chi connectivity index (χ0n) is 10.6. The number of rotatable bonds is 4. The average molecular weight is 354 g/mol. The third-order valence-corrected chi connectivity index (χ3v) is 7.20. The molecule has 0 bridgehead atoms. The zero-order valence-corrected chi connectivity index (χ0v) is 13.0. The van der Waals surface area contributed by atoms with E-state index < -0.39 is 36.8 Å². The topological polar surface area (TPSA) is 118 Å². The van der Waals surface area contributed by atoms with Gasteiger partial charge in [-0.2, -0.15) is 0 Å². The summed E-state index contributed by atoms with van der Waals surface area (Å²) in [7, 11) is -7.24. The number of carboxylic acids is 1. The van der Waals surface area contributed by atoms with Crippen molar-refractivity contribution in [3.8, 4) is 0 Å². The lowest BCUT2D eigenvalue weighted by molar-refractivity contribution is 0.0697. The van der Waals surface area contributed by atoms with Crippen LogP contribution in [-0.4, -0.2) is 44.7 Å². The maximum atomic E-state index is 12.1. The van der Waals surface area contributed by atoms with Gasteiger partial charge in [-0.1, -0.05) is 11.6 Å². The molecule has 0 amide bonds. The molecule has 1 atom stereocenters. The van der Waals surface area contributed by atoms with Crippen LogP contribution in [-0.2, 0) is 19.9 Å². The molecule has 1 saturated heterocycles. The first kappa shape index (κ1) is 16.1. The van der Waals surface area contributed by atoms with E-state index in [0.717, 1.165) is 6.07 Å². The van der Waals surface area contributed by atoms with E-state index in [-0.39, 0.29) is 28.4 Å². The minimum Gasteiger partial charge on any atom is -0.478 e. The van der Waals surface area contributed by atoms with Gasteiger partial charge in [0.25, 0.3) is 0 Å². The Balaban J connectivity index is 2.25. The molecule has 0 saturated carbocycles. The molecule has 1 fully saturated rings. The van der Waals surface area contributed by atoms with Crippen molar-refractivity contribution in [1.29, 1.82) is 0 Å². The van der Waals surface area contributed by atoms with Gasteiger partial charge in [0.05, 0.1) is 27.3 Å². The highest BCUT2D eigenvalue weighted by atomic mass is 35.5. The monoisotopic (exact) mass is 353 g/mol. The highest BCUT2D eigenvalue weighted by molar-refractivity contribution is 7.97. The summed E-state index contributed by atoms with van der Waals surface area (Å²) >= 11 is 5.69. The molecule has 0 aromatic heterocycles. The molecule has 0 aliphatic carbocycles. The number of sulfone groups is 1. The first-order valence-electron chi connectivity index (χ1n) is 5.86. The van der Waals surface area contributed by atoms with Crippen LogP contribution in [0.2, 0.25) is 5.02 Å². The molecule has 1 aliphatic heterocycles. The lowest BCUT2D eigenvalue weighted by Crippen LogP contribution is -2.28. The Kier molecular flexibility index (Phi) is 4.18. The predicted octanol–water partition coefficient (Wildman–Crippen LogP) is 0.967. The van der Waals surface area contributed by atoms with Gasteiger partial charge in [0.2, 0.25) is 10.0 Å². The standard InChI is InChI=1S/C11H12ClNO6S2/c12-10-2-1-7(5-9(10)11(14)15)13-21(18,19)8-3-4-20(16,17)6-8/h1-2,5,8,13H,3-4,6H2,(H,14,15). The first-order chi connectivity index (χ1) is 9.61. The Morgan fingerprint density at radius 3 is 2.57 bits per heavy atom. The first-order valence-corrected chi connectivity index (χ1v) is 9.60. The summed E-state index contributed by atoms with van der Waals surface area (Å²) in [4.78, 5) is 10.9. The molecule has 21 heavy (non-hydrogen) atoms. The Hall–Kier alpha value is -1.32. The number of aromatic carboxylic acids is 1. The highest BCUT2D eigenvalue weighted by Crippen LogP contribution is 2.24. The third kappa shape index (κ3) is 3.66. The van der Waals surface area contributed by atoms with Gasteiger partial charge in [-0.25, -0.2) is 21.6 Å². The summed E-state index contributed by atoms with van der Waals surface area (Å²) in [6.07, 6.45) is 0.0248. The molecule has 0 radical (unpaired) electrons. The van der Waals surface area contributed by atoms with E-state index in [0.29, 0.717) is 0 Å². The average Bonchev–Trinajstić information content (AvgIpc) is 2.72. The van der Waals surface area contributed by atoms with Crippen molar-refractivity contribution in [2.24, 2.45) is 0 Å². The van der Waals surface area contributed by atoms with Crippen molar-refractivity contribution in [3.63, 3.8) is 0 Å². The molecule has 2 N–H and O–H groups in total. The maximum absolute atomic E-state index is 12.1. The molecular formula is C11H12ClNO6S2. The van der Waals surface area contributed by atoms with Crippen LogP contribution in [0.15, 0.2) is 18.2 Å². The van der Waals surface area contributed by atoms with Gasteiger partial charge in [-0.05, 0) is 24.6 Å². The van der Waals surface area contributed by atoms with Gasteiger partial charge < -0.3 is 5.11 Å². The van der Waals surface area contributed by atoms with E-state index in [9.17, 15) is 21.6 Å². The molecule has 1 aromatic rings. The molecule has 2 rings (SSSR count). The third-order valence-electron chi connectivity index (χ3n) is 3.09. The highest BCUT2D eigenvalue weighted by Gasteiger charge is 2.37. The summed E-state index contributed by atoms with van der Waals surface area (Å²) in [5.74, 6) is -1.88. The van der Waals surface area contributed by atoms with Gasteiger partial charge in [0, 0.05) is 5.69 Å². The van der Waals surface area contributed by atoms with Crippen molar-refractivity contribution in [1.82, 2.24) is 0 Å². The van der Waals surface area contributed by atoms with Crippen LogP contribution in [0.1, 0.15) is 16.8 Å². The smallest absolute Gasteiger partial charge is 0.337 e. The van der Waals surface area contributed by atoms with Crippen molar-refractivity contribution in [2.45, 2.75) is 11.7 Å². The fraction of sp³-hybridized carbons (Fsp3) is 0.364. The van der Waals surface area contributed by atoms with Crippen LogP contribution < -0.4 is 4.72 Å². The zero-order chi connectivity index (χ0) is 15.8. The molecule has 0 spiro atoms. The van der Waals surface area contributed by atoms with Gasteiger partial charge in [-0.3, -0.25) is 4.72 Å². The Morgan fingerprint density at radius 2 is 2.05 bits per heavy atom. The number of hydrogen-bond donors (Lipinski definition) is 2. The number of benzene rings is 1. The predicted molar refractivity (Wildman–Crippen MR) is 78.0 cm³/mol. The molecule has 1 heterocycles. The second-order valence-corrected chi connectivity index (χ2v) is 9.27. The molecule has 116 valence electrons. The molecular weight excluding hydrogens is 342 g/mol. The van der Waals surface area contributed by atoms with Crippen LogP contribution in [0, 0.1) is 0 Å². The second-order valence-electron chi connectivity index (χ2n) is 4.67. The van der Waals surface area contributed by atoms with E-state index in [2.05, 4.69) is 4.72 Å². The Morgan fingerprint density at radius 1 is 1.38 bits per heavy atom. The van der Waals surface area contributed by atoms with E-state index in [4.69, 9.17) is 16.7 Å². The summed E-state index contributed by atoms with van der Waals surface area (Å²) in [6.45, 7) is 0. The van der Waals surface area contributed by atoms with Gasteiger partial charge in [-0.15, -0.1) is 0 Å². The normalized spacial score (nSPS) is 21.1. The molecule has 1 unspecified atom stereocenters. The molecule has 1 aliphatic rings. The van der Waals surface area contributed by atoms with E-state index in [1.54, 1.807) is 0 Å². The maximum Gasteiger partial charge on any atom is 0.337 e. The van der Waals surface area contributed by atoms with Crippen LogP contribution >= 0.6 is 11.6 Å². The summed E-state index contributed by atoms with van der Waals surface area (Å²) < 4.78 is 49.1. The van der Waals surface area contributed by atoms with Gasteiger partial charge in [0.15, 0.2) is 9.84 Å². The summed E-state index contributed by atoms with van der Waals surface area (Å²) in [5.41, 5.74) is -0.211. The fourth-order valence-electron chi connectivity index (χ4n) is 2.01. The number of halogens is 1. The minimum atomic E-state index is -3.90. The number of nitrogens with one attached hydrogen (secondary N) is 1. The second kappa shape index (κ2) is 5.47. The number of sulfonamides is 1. The largest absolute Gasteiger partial charge is 0.478 e. The number of hydrogen-bond acceptors (Lipinski definition) is 5. The fourth-order valence-corrected chi connectivity index (χ4v) is 6.29. The van der Waals surface area contributed by atoms with Crippen molar-refractivity contribution >= 4 is 43.1 Å². The van der Waals surface area contributed by atoms with Gasteiger partial charge >= 0.3 is 5.97 Å². The van der Waals surface area contributed by atoms with Crippen LogP contribution in [0.5, 0.6) is 0 Å². The van der Waals surface area contributed by atoms with Crippen molar-refractivity contribution in [3.05, 3.63) is 28.8 Å². The van der Waals surface area contributed by atoms with E-state index in [1.165, 1.54) is 12.1 Å². The van der Waals surface area contributed by atoms with Crippen molar-refractivity contribution < 1.29 is 26.7 Å². The van der Waals surface area contributed by atoms with E-state index >= 15 is 0 Å². The van der Waals surface area contributed by atoms with Crippen molar-refractivity contribution in [2.75, 3.05) is 16.2 Å². The van der Waals surface area contributed by atoms with E-state index in [1.807, 2.05) is 0 Å². The molecule has 10 heteroatoms. The van der Waals surface area contributed by atoms with Crippen LogP contribution in [0.3, 0.4) is 0 Å². The lowest BCUT2D eigenvalue weighted by Gasteiger charge is -2.13. The summed E-state index contributed by atoms with van der Waals surface area (Å²) in [5, 5.41) is 7.87. The number of carboxylic acid groups (broad SMARTS) is 1. The van der Waals surface area contributed by atoms with Crippen LogP contribution in [0.25, 0.3) is 0 Å². The number of carbonyl (C=O) groups is 1. The van der Waals surface area contributed by atoms with Gasteiger partial charge in [0.1, 0.15) is 0 Å². The Labute approximate surface area is 126 Å². The van der Waals surface area contributed by atoms with Crippen LogP contribution in [0.4, 0.5) is 5.69 Å². The lowest BCUT2D eigenvalue weighted by atomic mass is 10.2. The quantitative estimate of drug-likeness (QED) is 0.832. The molecule has 7 nitrogen and oxygen atoms in total. The minimum absolute atomic E-state index is 0.0195. The Bertz CT molecular complexity index is 787. The summed E-state index contributed by atoms with van der Waals surface area (Å²) in [6, 6.07) is 3.66. The SMILES string of the molecule is O=C(O)c1cc(NS(=O)(=O)C2CCS(=O)(=O)C2)ccc1Cl. The number of anilines is 1.